The maximum atomic E-state index is 13.6. The van der Waals surface area contributed by atoms with E-state index in [1.54, 1.807) is 4.90 Å². The number of carbonyl (C=O) groups is 2. The number of benzene rings is 1. The van der Waals surface area contributed by atoms with Crippen molar-refractivity contribution < 1.29 is 9.59 Å². The van der Waals surface area contributed by atoms with Crippen LogP contribution in [0.25, 0.3) is 0 Å². The normalized spacial score (nSPS) is 16.4. The summed E-state index contributed by atoms with van der Waals surface area (Å²) in [6.07, 6.45) is 2.11. The Morgan fingerprint density at radius 2 is 1.92 bits per heavy atom. The van der Waals surface area contributed by atoms with E-state index >= 15 is 0 Å². The van der Waals surface area contributed by atoms with E-state index in [4.69, 9.17) is 11.6 Å². The van der Waals surface area contributed by atoms with Crippen molar-refractivity contribution in [2.45, 2.75) is 32.2 Å². The lowest BCUT2D eigenvalue weighted by Crippen LogP contribution is -2.51. The van der Waals surface area contributed by atoms with Gasteiger partial charge in [0.05, 0.1) is 18.5 Å². The molecule has 0 spiro atoms. The van der Waals surface area contributed by atoms with Gasteiger partial charge in [-0.2, -0.15) is 5.26 Å². The summed E-state index contributed by atoms with van der Waals surface area (Å²) in [4.78, 5) is 40.0. The van der Waals surface area contributed by atoms with Crippen LogP contribution in [0.5, 0.6) is 0 Å². The maximum absolute atomic E-state index is 13.6. The zero-order chi connectivity index (χ0) is 25.7. The molecule has 36 heavy (non-hydrogen) atoms. The van der Waals surface area contributed by atoms with Gasteiger partial charge in [-0.25, -0.2) is 9.97 Å². The van der Waals surface area contributed by atoms with Gasteiger partial charge in [-0.1, -0.05) is 37.6 Å². The molecule has 190 valence electrons. The van der Waals surface area contributed by atoms with E-state index in [1.165, 1.54) is 6.33 Å². The zero-order valence-corrected chi connectivity index (χ0v) is 21.3. The van der Waals surface area contributed by atoms with Crippen LogP contribution in [-0.4, -0.2) is 78.5 Å². The molecule has 4 rings (SSSR count). The third kappa shape index (κ3) is 5.86. The predicted molar refractivity (Wildman–Crippen MR) is 139 cm³/mol. The quantitative estimate of drug-likeness (QED) is 0.519. The van der Waals surface area contributed by atoms with Crippen LogP contribution in [0.15, 0.2) is 30.6 Å². The Labute approximate surface area is 216 Å². The van der Waals surface area contributed by atoms with Gasteiger partial charge in [-0.3, -0.25) is 9.59 Å². The predicted octanol–water partition coefficient (Wildman–Crippen LogP) is 2.23. The lowest BCUT2D eigenvalue weighted by molar-refractivity contribution is -0.133. The van der Waals surface area contributed by atoms with Gasteiger partial charge in [0.1, 0.15) is 18.6 Å². The Bertz CT molecular complexity index is 1130. The fraction of sp³-hybridized carbons (Fsp3) is 0.480. The van der Waals surface area contributed by atoms with Crippen LogP contribution in [0.2, 0.25) is 5.02 Å². The molecule has 1 fully saturated rings. The van der Waals surface area contributed by atoms with Gasteiger partial charge in [0.15, 0.2) is 11.6 Å². The lowest BCUT2D eigenvalue weighted by Gasteiger charge is -2.39. The van der Waals surface area contributed by atoms with Crippen molar-refractivity contribution >= 4 is 40.7 Å². The minimum absolute atomic E-state index is 0.0619. The summed E-state index contributed by atoms with van der Waals surface area (Å²) in [5.41, 5.74) is 1.61. The van der Waals surface area contributed by atoms with Crippen molar-refractivity contribution in [2.75, 3.05) is 60.9 Å². The average molecular weight is 511 g/mol. The molecule has 11 heteroatoms. The van der Waals surface area contributed by atoms with Crippen molar-refractivity contribution in [2.24, 2.45) is 0 Å². The fourth-order valence-corrected chi connectivity index (χ4v) is 4.76. The number of anilines is 3. The van der Waals surface area contributed by atoms with E-state index in [1.807, 2.05) is 29.2 Å². The molecule has 0 radical (unpaired) electrons. The number of halogens is 1. The number of rotatable bonds is 8. The highest BCUT2D eigenvalue weighted by Crippen LogP contribution is 2.36. The summed E-state index contributed by atoms with van der Waals surface area (Å²) in [5, 5.41) is 16.1. The first-order valence-corrected chi connectivity index (χ1v) is 12.5. The van der Waals surface area contributed by atoms with Gasteiger partial charge in [0.25, 0.3) is 0 Å². The molecule has 1 saturated heterocycles. The Balaban J connectivity index is 1.48. The Morgan fingerprint density at radius 1 is 1.19 bits per heavy atom. The van der Waals surface area contributed by atoms with E-state index in [0.29, 0.717) is 61.0 Å². The Morgan fingerprint density at radius 3 is 2.58 bits per heavy atom. The lowest BCUT2D eigenvalue weighted by atomic mass is 9.93. The average Bonchev–Trinajstić information content (AvgIpc) is 2.86. The number of nitriles is 1. The number of hydrogen-bond acceptors (Lipinski definition) is 8. The highest BCUT2D eigenvalue weighted by molar-refractivity contribution is 6.30. The van der Waals surface area contributed by atoms with Crippen molar-refractivity contribution in [3.8, 4) is 6.07 Å². The van der Waals surface area contributed by atoms with Crippen LogP contribution in [0.1, 0.15) is 31.7 Å². The molecule has 3 heterocycles. The molecule has 2 amide bonds. The molecule has 1 aromatic heterocycles. The molecule has 10 nitrogen and oxygen atoms in total. The third-order valence-electron chi connectivity index (χ3n) is 6.42. The number of nitrogens with zero attached hydrogens (tertiary/aromatic N) is 6. The van der Waals surface area contributed by atoms with E-state index in [-0.39, 0.29) is 30.8 Å². The number of aromatic nitrogens is 2. The second-order valence-electron chi connectivity index (χ2n) is 9.27. The third-order valence-corrected chi connectivity index (χ3v) is 6.67. The van der Waals surface area contributed by atoms with E-state index < -0.39 is 0 Å². The first kappa shape index (κ1) is 25.7. The molecular weight excluding hydrogens is 480 g/mol. The summed E-state index contributed by atoms with van der Waals surface area (Å²) >= 11 is 6.09. The molecule has 1 atom stereocenters. The van der Waals surface area contributed by atoms with Gasteiger partial charge < -0.3 is 25.3 Å². The molecule has 1 aromatic carbocycles. The Hall–Kier alpha value is -3.42. The first-order valence-electron chi connectivity index (χ1n) is 12.2. The molecular formula is C25H31ClN8O2. The highest BCUT2D eigenvalue weighted by atomic mass is 35.5. The number of hydrogen-bond donors (Lipinski definition) is 2. The molecule has 2 aliphatic heterocycles. The van der Waals surface area contributed by atoms with Crippen LogP contribution >= 0.6 is 11.6 Å². The zero-order valence-electron chi connectivity index (χ0n) is 20.6. The van der Waals surface area contributed by atoms with Gasteiger partial charge in [-0.15, -0.1) is 0 Å². The number of fused-ring (bicyclic) bond motifs is 1. The van der Waals surface area contributed by atoms with Gasteiger partial charge in [-0.05, 0) is 30.7 Å². The summed E-state index contributed by atoms with van der Waals surface area (Å²) < 4.78 is 0. The number of nitrogens with one attached hydrogen (secondary N) is 2. The first-order chi connectivity index (χ1) is 17.4. The summed E-state index contributed by atoms with van der Waals surface area (Å²) in [6.45, 7) is 7.32. The largest absolute Gasteiger partial charge is 0.351 e. The number of amides is 2. The second kappa shape index (κ2) is 11.5. The van der Waals surface area contributed by atoms with Crippen LogP contribution < -0.4 is 20.4 Å². The number of piperazine rings is 1. The van der Waals surface area contributed by atoms with Crippen LogP contribution in [0.3, 0.4) is 0 Å². The van der Waals surface area contributed by atoms with Crippen molar-refractivity contribution in [3.05, 3.63) is 41.2 Å². The van der Waals surface area contributed by atoms with E-state index in [2.05, 4.69) is 45.4 Å². The summed E-state index contributed by atoms with van der Waals surface area (Å²) in [6, 6.07) is 9.98. The fourth-order valence-electron chi connectivity index (χ4n) is 4.63. The van der Waals surface area contributed by atoms with Crippen molar-refractivity contribution in [3.63, 3.8) is 0 Å². The molecule has 2 N–H and O–H groups in total. The minimum Gasteiger partial charge on any atom is -0.351 e. The van der Waals surface area contributed by atoms with Gasteiger partial charge in [0.2, 0.25) is 11.8 Å². The van der Waals surface area contributed by atoms with Crippen LogP contribution in [0, 0.1) is 11.3 Å². The molecule has 2 aliphatic rings. The van der Waals surface area contributed by atoms with Crippen LogP contribution in [-0.2, 0) is 9.59 Å². The molecule has 0 saturated carbocycles. The van der Waals surface area contributed by atoms with Crippen molar-refractivity contribution in [1.29, 1.82) is 5.26 Å². The standard InChI is InChI=1S/C25H31ClN8O2/c1-17(2)28-9-7-20(18-3-5-19(26)6-4-18)25(36)33-13-11-32(12-14-33)24-22-23(29-16-30-24)31-21(35)15-34(22)10-8-27/h3-6,16-17,20,28H,7,9-15H2,1-2H3,(H,29,30,31,35). The Kier molecular flexibility index (Phi) is 8.23. The van der Waals surface area contributed by atoms with Crippen LogP contribution in [0.4, 0.5) is 17.3 Å². The molecule has 0 aliphatic carbocycles. The maximum Gasteiger partial charge on any atom is 0.245 e. The summed E-state index contributed by atoms with van der Waals surface area (Å²) in [5.74, 6) is 0.708. The minimum atomic E-state index is -0.256. The van der Waals surface area contributed by atoms with Gasteiger partial charge in [0, 0.05) is 37.2 Å². The van der Waals surface area contributed by atoms with Crippen molar-refractivity contribution in [1.82, 2.24) is 20.2 Å². The van der Waals surface area contributed by atoms with Gasteiger partial charge >= 0.3 is 0 Å². The molecule has 2 aromatic rings. The number of carbonyl (C=O) groups excluding carboxylic acids is 2. The van der Waals surface area contributed by atoms with E-state index in [9.17, 15) is 14.9 Å². The molecule has 1 unspecified atom stereocenters. The highest BCUT2D eigenvalue weighted by Gasteiger charge is 2.32. The second-order valence-corrected chi connectivity index (χ2v) is 9.71. The summed E-state index contributed by atoms with van der Waals surface area (Å²) in [7, 11) is 0. The molecule has 0 bridgehead atoms. The topological polar surface area (TPSA) is 117 Å². The SMILES string of the molecule is CC(C)NCCC(C(=O)N1CCN(c2ncnc3c2N(CC#N)CC(=O)N3)CC1)c1ccc(Cl)cc1. The smallest absolute Gasteiger partial charge is 0.245 e. The monoisotopic (exact) mass is 510 g/mol. The van der Waals surface area contributed by atoms with E-state index in [0.717, 1.165) is 12.1 Å².